The third kappa shape index (κ3) is 8.39. The summed E-state index contributed by atoms with van der Waals surface area (Å²) < 4.78 is 11.5. The molecule has 0 saturated carbocycles. The molecule has 0 saturated heterocycles. The summed E-state index contributed by atoms with van der Waals surface area (Å²) in [6.45, 7) is 1.21. The predicted octanol–water partition coefficient (Wildman–Crippen LogP) is 0.0183. The van der Waals surface area contributed by atoms with Gasteiger partial charge in [-0.05, 0) is 12.8 Å². The van der Waals surface area contributed by atoms with Gasteiger partial charge in [0.25, 0.3) is 0 Å². The standard InChI is InChI=1S/C10H16N2O4S/c1-8(13)12-9(10(14)15)7-17(16)6-4-2-3-5-11/h9H,2-4,6-7H2,1H3,(H,12,13)(H,14,15)/t9-,17?/m0/s1. The van der Waals surface area contributed by atoms with Crippen LogP contribution in [0.2, 0.25) is 0 Å². The van der Waals surface area contributed by atoms with Crippen LogP contribution in [0.1, 0.15) is 26.2 Å². The number of carbonyl (C=O) groups excluding carboxylic acids is 1. The summed E-state index contributed by atoms with van der Waals surface area (Å²) >= 11 is 0. The molecule has 1 amide bonds. The minimum absolute atomic E-state index is 0.0958. The minimum atomic E-state index is -1.30. The van der Waals surface area contributed by atoms with E-state index in [1.165, 1.54) is 6.92 Å². The van der Waals surface area contributed by atoms with E-state index in [9.17, 15) is 13.8 Å². The molecule has 6 nitrogen and oxygen atoms in total. The molecule has 0 heterocycles. The molecule has 7 heteroatoms. The minimum Gasteiger partial charge on any atom is -0.480 e. The molecular formula is C10H16N2O4S. The number of unbranched alkanes of at least 4 members (excludes halogenated alkanes) is 2. The maximum absolute atomic E-state index is 11.5. The van der Waals surface area contributed by atoms with Gasteiger partial charge in [-0.15, -0.1) is 0 Å². The zero-order valence-corrected chi connectivity index (χ0v) is 10.5. The average molecular weight is 260 g/mol. The molecule has 0 rings (SSSR count). The van der Waals surface area contributed by atoms with Crippen LogP contribution >= 0.6 is 0 Å². The lowest BCUT2D eigenvalue weighted by molar-refractivity contribution is -0.140. The molecule has 0 aliphatic carbocycles. The first-order valence-electron chi connectivity index (χ1n) is 5.19. The second-order valence-electron chi connectivity index (χ2n) is 3.52. The van der Waals surface area contributed by atoms with Crippen molar-refractivity contribution in [1.82, 2.24) is 5.32 Å². The number of carboxylic acid groups (broad SMARTS) is 1. The number of nitrogens with one attached hydrogen (secondary N) is 1. The van der Waals surface area contributed by atoms with Gasteiger partial charge in [0.1, 0.15) is 6.04 Å². The first-order valence-corrected chi connectivity index (χ1v) is 6.68. The van der Waals surface area contributed by atoms with Gasteiger partial charge >= 0.3 is 5.97 Å². The van der Waals surface area contributed by atoms with Crippen molar-refractivity contribution in [2.45, 2.75) is 32.2 Å². The number of amides is 1. The molecule has 0 aliphatic rings. The number of aliphatic carboxylic acids is 1. The normalized spacial score (nSPS) is 13.4. The number of rotatable bonds is 8. The van der Waals surface area contributed by atoms with Crippen LogP contribution in [0.4, 0.5) is 0 Å². The fourth-order valence-corrected chi connectivity index (χ4v) is 2.45. The smallest absolute Gasteiger partial charge is 0.327 e. The molecule has 2 N–H and O–H groups in total. The Hall–Kier alpha value is -1.42. The molecule has 0 bridgehead atoms. The SMILES string of the molecule is CC(=O)N[C@@H](CS(=O)CCCCC#N)C(=O)O. The van der Waals surface area contributed by atoms with E-state index in [0.717, 1.165) is 0 Å². The van der Waals surface area contributed by atoms with Crippen molar-refractivity contribution in [3.63, 3.8) is 0 Å². The number of hydrogen-bond acceptors (Lipinski definition) is 4. The van der Waals surface area contributed by atoms with E-state index in [1.807, 2.05) is 6.07 Å². The van der Waals surface area contributed by atoms with Gasteiger partial charge in [-0.25, -0.2) is 4.79 Å². The predicted molar refractivity (Wildman–Crippen MR) is 62.6 cm³/mol. The van der Waals surface area contributed by atoms with E-state index in [0.29, 0.717) is 25.0 Å². The van der Waals surface area contributed by atoms with Crippen molar-refractivity contribution in [1.29, 1.82) is 5.26 Å². The highest BCUT2D eigenvalue weighted by molar-refractivity contribution is 7.85. The number of nitrogens with zero attached hydrogens (tertiary/aromatic N) is 1. The highest BCUT2D eigenvalue weighted by Gasteiger charge is 2.20. The Bertz CT molecular complexity index is 338. The lowest BCUT2D eigenvalue weighted by Gasteiger charge is -2.12. The molecule has 0 fully saturated rings. The molecule has 1 unspecified atom stereocenters. The Balaban J connectivity index is 4.01. The van der Waals surface area contributed by atoms with Crippen molar-refractivity contribution in [3.05, 3.63) is 0 Å². The molecular weight excluding hydrogens is 244 g/mol. The third-order valence-corrected chi connectivity index (χ3v) is 3.39. The first kappa shape index (κ1) is 15.6. The quantitative estimate of drug-likeness (QED) is 0.598. The molecule has 0 spiro atoms. The Morgan fingerprint density at radius 2 is 2.12 bits per heavy atom. The summed E-state index contributed by atoms with van der Waals surface area (Å²) in [5.41, 5.74) is 0. The van der Waals surface area contributed by atoms with Crippen LogP contribution in [0.15, 0.2) is 0 Å². The van der Waals surface area contributed by atoms with Crippen molar-refractivity contribution >= 4 is 22.7 Å². The van der Waals surface area contributed by atoms with Crippen LogP contribution in [-0.2, 0) is 20.4 Å². The van der Waals surface area contributed by atoms with E-state index in [4.69, 9.17) is 10.4 Å². The summed E-state index contributed by atoms with van der Waals surface area (Å²) in [7, 11) is -1.30. The third-order valence-electron chi connectivity index (χ3n) is 1.94. The van der Waals surface area contributed by atoms with Crippen molar-refractivity contribution in [2.75, 3.05) is 11.5 Å². The first-order chi connectivity index (χ1) is 7.97. The zero-order chi connectivity index (χ0) is 13.3. The highest BCUT2D eigenvalue weighted by atomic mass is 32.2. The molecule has 2 atom stereocenters. The van der Waals surface area contributed by atoms with Gasteiger partial charge in [0, 0.05) is 29.9 Å². The van der Waals surface area contributed by atoms with Crippen LogP contribution in [0.5, 0.6) is 0 Å². The van der Waals surface area contributed by atoms with Crippen LogP contribution < -0.4 is 5.32 Å². The van der Waals surface area contributed by atoms with Crippen molar-refractivity contribution in [2.24, 2.45) is 0 Å². The van der Waals surface area contributed by atoms with Gasteiger partial charge in [-0.2, -0.15) is 5.26 Å². The topological polar surface area (TPSA) is 107 Å². The summed E-state index contributed by atoms with van der Waals surface area (Å²) in [4.78, 5) is 21.5. The summed E-state index contributed by atoms with van der Waals surface area (Å²) in [5.74, 6) is -1.39. The van der Waals surface area contributed by atoms with Crippen LogP contribution in [0.25, 0.3) is 0 Å². The van der Waals surface area contributed by atoms with Gasteiger partial charge in [-0.1, -0.05) is 0 Å². The number of carbonyl (C=O) groups is 2. The largest absolute Gasteiger partial charge is 0.480 e. The maximum Gasteiger partial charge on any atom is 0.327 e. The lowest BCUT2D eigenvalue weighted by atomic mass is 10.3. The van der Waals surface area contributed by atoms with Gasteiger partial charge in [0.15, 0.2) is 0 Å². The van der Waals surface area contributed by atoms with Gasteiger partial charge in [0.2, 0.25) is 5.91 Å². The molecule has 0 aromatic rings. The molecule has 17 heavy (non-hydrogen) atoms. The van der Waals surface area contributed by atoms with E-state index >= 15 is 0 Å². The van der Waals surface area contributed by atoms with Crippen LogP contribution in [0, 0.1) is 11.3 Å². The maximum atomic E-state index is 11.5. The second-order valence-corrected chi connectivity index (χ2v) is 5.14. The van der Waals surface area contributed by atoms with E-state index in [1.54, 1.807) is 0 Å². The highest BCUT2D eigenvalue weighted by Crippen LogP contribution is 1.99. The van der Waals surface area contributed by atoms with Gasteiger partial charge in [-0.3, -0.25) is 9.00 Å². The summed E-state index contributed by atoms with van der Waals surface area (Å²) in [6.07, 6.45) is 1.68. The van der Waals surface area contributed by atoms with Crippen LogP contribution in [0.3, 0.4) is 0 Å². The van der Waals surface area contributed by atoms with E-state index in [-0.39, 0.29) is 5.75 Å². The Labute approximate surface area is 102 Å². The Kier molecular flexibility index (Phi) is 7.97. The fourth-order valence-electron chi connectivity index (χ4n) is 1.16. The second kappa shape index (κ2) is 8.70. The average Bonchev–Trinajstić information content (AvgIpc) is 2.22. The molecule has 96 valence electrons. The number of hydrogen-bond donors (Lipinski definition) is 2. The molecule has 0 aromatic heterocycles. The van der Waals surface area contributed by atoms with Gasteiger partial charge < -0.3 is 10.4 Å². The Morgan fingerprint density at radius 3 is 2.59 bits per heavy atom. The summed E-state index contributed by atoms with van der Waals surface area (Å²) in [6, 6.07) is 0.869. The lowest BCUT2D eigenvalue weighted by Crippen LogP contribution is -2.43. The number of carboxylic acids is 1. The Morgan fingerprint density at radius 1 is 1.47 bits per heavy atom. The van der Waals surface area contributed by atoms with Crippen molar-refractivity contribution in [3.8, 4) is 6.07 Å². The fraction of sp³-hybridized carbons (Fsp3) is 0.700. The van der Waals surface area contributed by atoms with Crippen molar-refractivity contribution < 1.29 is 18.9 Å². The van der Waals surface area contributed by atoms with E-state index < -0.39 is 28.7 Å². The molecule has 0 aromatic carbocycles. The monoisotopic (exact) mass is 260 g/mol. The zero-order valence-electron chi connectivity index (χ0n) is 9.64. The molecule has 0 radical (unpaired) electrons. The van der Waals surface area contributed by atoms with E-state index in [2.05, 4.69) is 5.32 Å². The molecule has 0 aliphatic heterocycles. The van der Waals surface area contributed by atoms with Gasteiger partial charge in [0.05, 0.1) is 11.8 Å². The number of nitriles is 1. The van der Waals surface area contributed by atoms with Crippen LogP contribution in [-0.4, -0.2) is 38.7 Å². The summed E-state index contributed by atoms with van der Waals surface area (Å²) in [5, 5.41) is 19.3.